The van der Waals surface area contributed by atoms with Crippen LogP contribution in [-0.4, -0.2) is 4.57 Å². The zero-order valence-electron chi connectivity index (χ0n) is 21.7. The van der Waals surface area contributed by atoms with Crippen molar-refractivity contribution in [3.05, 3.63) is 145 Å². The summed E-state index contributed by atoms with van der Waals surface area (Å²) in [5, 5.41) is 6.14. The number of hydrogen-bond acceptors (Lipinski definition) is 1. The molecule has 0 saturated carbocycles. The van der Waals surface area contributed by atoms with Crippen molar-refractivity contribution >= 4 is 38.8 Å². The summed E-state index contributed by atoms with van der Waals surface area (Å²) in [5.41, 5.74) is 10.6. The number of benzene rings is 5. The lowest BCUT2D eigenvalue weighted by molar-refractivity contribution is 1.18. The molecule has 0 saturated heterocycles. The van der Waals surface area contributed by atoms with E-state index in [1.54, 1.807) is 0 Å². The number of nitrogens with zero attached hydrogens (tertiary/aromatic N) is 1. The van der Waals surface area contributed by atoms with Gasteiger partial charge in [0.15, 0.2) is 0 Å². The Morgan fingerprint density at radius 2 is 1.39 bits per heavy atom. The first-order valence-electron chi connectivity index (χ1n) is 13.1. The van der Waals surface area contributed by atoms with Crippen molar-refractivity contribution in [3.63, 3.8) is 0 Å². The van der Waals surface area contributed by atoms with Gasteiger partial charge in [-0.05, 0) is 84.6 Å². The van der Waals surface area contributed by atoms with E-state index in [0.29, 0.717) is 0 Å². The summed E-state index contributed by atoms with van der Waals surface area (Å²) < 4.78 is 2.37. The minimum atomic E-state index is 1.07. The lowest BCUT2D eigenvalue weighted by Crippen LogP contribution is -1.93. The Morgan fingerprint density at radius 3 is 2.18 bits per heavy atom. The first-order chi connectivity index (χ1) is 18.8. The van der Waals surface area contributed by atoms with E-state index < -0.39 is 0 Å². The molecular formula is C36H30N2. The molecule has 0 aliphatic rings. The highest BCUT2D eigenvalue weighted by Crippen LogP contribution is 2.39. The monoisotopic (exact) mass is 490 g/mol. The van der Waals surface area contributed by atoms with Crippen LogP contribution in [0.2, 0.25) is 0 Å². The molecule has 0 aliphatic carbocycles. The molecule has 1 N–H and O–H groups in total. The van der Waals surface area contributed by atoms with E-state index in [9.17, 15) is 0 Å². The molecule has 0 unspecified atom stereocenters. The molecule has 184 valence electrons. The van der Waals surface area contributed by atoms with Crippen LogP contribution in [0.3, 0.4) is 0 Å². The molecule has 1 aromatic heterocycles. The fourth-order valence-electron chi connectivity index (χ4n) is 5.33. The highest BCUT2D eigenvalue weighted by atomic mass is 15.0. The zero-order valence-corrected chi connectivity index (χ0v) is 21.7. The topological polar surface area (TPSA) is 17.0 Å². The average molecular weight is 491 g/mol. The Morgan fingerprint density at radius 1 is 0.658 bits per heavy atom. The third kappa shape index (κ3) is 4.31. The summed E-state index contributed by atoms with van der Waals surface area (Å²) in [7, 11) is 0. The third-order valence-corrected chi connectivity index (χ3v) is 7.05. The lowest BCUT2D eigenvalue weighted by atomic mass is 9.99. The molecule has 0 spiro atoms. The largest absolute Gasteiger partial charge is 0.356 e. The van der Waals surface area contributed by atoms with Gasteiger partial charge in [-0.25, -0.2) is 0 Å². The van der Waals surface area contributed by atoms with Gasteiger partial charge in [-0.1, -0.05) is 91.0 Å². The molecular weight excluding hydrogens is 460 g/mol. The van der Waals surface area contributed by atoms with Crippen LogP contribution in [0.15, 0.2) is 140 Å². The van der Waals surface area contributed by atoms with Crippen molar-refractivity contribution in [3.8, 4) is 16.8 Å². The molecule has 0 radical (unpaired) electrons. The van der Waals surface area contributed by atoms with Crippen LogP contribution in [-0.2, 0) is 0 Å². The highest BCUT2D eigenvalue weighted by molar-refractivity contribution is 6.15. The van der Waals surface area contributed by atoms with E-state index in [1.807, 2.05) is 6.92 Å². The Kier molecular flexibility index (Phi) is 6.37. The molecule has 0 atom stereocenters. The summed E-state index contributed by atoms with van der Waals surface area (Å²) in [6, 6.07) is 43.2. The molecule has 0 amide bonds. The molecule has 6 aromatic rings. The van der Waals surface area contributed by atoms with Crippen molar-refractivity contribution in [2.24, 2.45) is 0 Å². The maximum Gasteiger partial charge on any atom is 0.0547 e. The molecule has 6 rings (SSSR count). The summed E-state index contributed by atoms with van der Waals surface area (Å²) in [6.45, 7) is 4.12. The molecule has 5 aromatic carbocycles. The molecule has 0 fully saturated rings. The number of hydrogen-bond donors (Lipinski definition) is 1. The Labute approximate surface area is 224 Å². The van der Waals surface area contributed by atoms with Gasteiger partial charge in [-0.15, -0.1) is 0 Å². The highest BCUT2D eigenvalue weighted by Gasteiger charge is 2.15. The molecule has 1 heterocycles. The van der Waals surface area contributed by atoms with Gasteiger partial charge in [0, 0.05) is 27.8 Å². The second-order valence-electron chi connectivity index (χ2n) is 9.41. The van der Waals surface area contributed by atoms with Gasteiger partial charge in [-0.3, -0.25) is 0 Å². The first kappa shape index (κ1) is 23.6. The molecule has 2 heteroatoms. The summed E-state index contributed by atoms with van der Waals surface area (Å²) >= 11 is 0. The number of aromatic nitrogens is 1. The third-order valence-electron chi connectivity index (χ3n) is 7.05. The van der Waals surface area contributed by atoms with E-state index in [4.69, 9.17) is 0 Å². The number of allylic oxidation sites excluding steroid dienone is 4. The van der Waals surface area contributed by atoms with E-state index >= 15 is 0 Å². The van der Waals surface area contributed by atoms with Gasteiger partial charge in [0.2, 0.25) is 0 Å². The lowest BCUT2D eigenvalue weighted by Gasteiger charge is -2.11. The number of anilines is 2. The molecule has 2 nitrogen and oxygen atoms in total. The first-order valence-corrected chi connectivity index (χ1v) is 13.1. The van der Waals surface area contributed by atoms with Crippen LogP contribution < -0.4 is 5.32 Å². The van der Waals surface area contributed by atoms with Gasteiger partial charge >= 0.3 is 0 Å². The number of para-hydroxylation sites is 2. The SMILES string of the molecule is C/C=C\C(=C/C)c1ccc(Nc2cccc(-c3cccc4c3c3ccccc3n4-c3ccccc3)c2)cc1. The standard InChI is InChI=1S/C36H30N2/c1-3-12-26(4-2)27-21-23-29(24-22-27)37-30-14-10-13-28(25-30)32-18-11-20-35-36(32)33-17-8-9-19-34(33)38(35)31-15-6-5-7-16-31/h3-25,37H,1-2H3/b12-3-,26-4+. The summed E-state index contributed by atoms with van der Waals surface area (Å²) in [4.78, 5) is 0. The van der Waals surface area contributed by atoms with Crippen LogP contribution in [0, 0.1) is 0 Å². The quantitative estimate of drug-likeness (QED) is 0.230. The fourth-order valence-corrected chi connectivity index (χ4v) is 5.33. The van der Waals surface area contributed by atoms with Crippen molar-refractivity contribution in [2.45, 2.75) is 13.8 Å². The van der Waals surface area contributed by atoms with Crippen LogP contribution in [0.25, 0.3) is 44.2 Å². The Bertz CT molecular complexity index is 1790. The minimum absolute atomic E-state index is 1.07. The maximum absolute atomic E-state index is 3.60. The van der Waals surface area contributed by atoms with Crippen molar-refractivity contribution < 1.29 is 0 Å². The molecule has 0 bridgehead atoms. The van der Waals surface area contributed by atoms with Crippen LogP contribution in [0.4, 0.5) is 11.4 Å². The second kappa shape index (κ2) is 10.3. The number of rotatable bonds is 6. The van der Waals surface area contributed by atoms with Crippen molar-refractivity contribution in [2.75, 3.05) is 5.32 Å². The molecule has 38 heavy (non-hydrogen) atoms. The Balaban J connectivity index is 1.41. The summed E-state index contributed by atoms with van der Waals surface area (Å²) in [5.74, 6) is 0. The number of fused-ring (bicyclic) bond motifs is 3. The second-order valence-corrected chi connectivity index (χ2v) is 9.41. The van der Waals surface area contributed by atoms with Gasteiger partial charge in [-0.2, -0.15) is 0 Å². The van der Waals surface area contributed by atoms with Gasteiger partial charge in [0.05, 0.1) is 11.0 Å². The zero-order chi connectivity index (χ0) is 25.9. The smallest absolute Gasteiger partial charge is 0.0547 e. The van der Waals surface area contributed by atoms with Crippen molar-refractivity contribution in [1.82, 2.24) is 4.57 Å². The Hall–Kier alpha value is -4.82. The van der Waals surface area contributed by atoms with Crippen LogP contribution in [0.1, 0.15) is 19.4 Å². The van der Waals surface area contributed by atoms with E-state index in [-0.39, 0.29) is 0 Å². The predicted octanol–water partition coefficient (Wildman–Crippen LogP) is 10.2. The maximum atomic E-state index is 3.60. The van der Waals surface area contributed by atoms with E-state index in [0.717, 1.165) is 11.4 Å². The normalized spacial score (nSPS) is 12.0. The average Bonchev–Trinajstić information content (AvgIpc) is 3.32. The molecule has 0 aliphatic heterocycles. The van der Waals surface area contributed by atoms with E-state index in [2.05, 4.69) is 156 Å². The van der Waals surface area contributed by atoms with Gasteiger partial charge in [0.25, 0.3) is 0 Å². The minimum Gasteiger partial charge on any atom is -0.356 e. The van der Waals surface area contributed by atoms with Crippen LogP contribution >= 0.6 is 0 Å². The van der Waals surface area contributed by atoms with Gasteiger partial charge < -0.3 is 9.88 Å². The predicted molar refractivity (Wildman–Crippen MR) is 164 cm³/mol. The van der Waals surface area contributed by atoms with Crippen molar-refractivity contribution in [1.29, 1.82) is 0 Å². The fraction of sp³-hybridized carbons (Fsp3) is 0.0556. The van der Waals surface area contributed by atoms with Gasteiger partial charge in [0.1, 0.15) is 0 Å². The van der Waals surface area contributed by atoms with Crippen LogP contribution in [0.5, 0.6) is 0 Å². The number of nitrogens with one attached hydrogen (secondary N) is 1. The summed E-state index contributed by atoms with van der Waals surface area (Å²) in [6.07, 6.45) is 6.35. The van der Waals surface area contributed by atoms with E-state index in [1.165, 1.54) is 49.8 Å².